The van der Waals surface area contributed by atoms with Crippen LogP contribution in [0.5, 0.6) is 5.75 Å². The normalized spacial score (nSPS) is 15.9. The molecule has 0 aliphatic carbocycles. The number of ether oxygens (including phenoxy) is 1. The Bertz CT molecular complexity index is 1060. The summed E-state index contributed by atoms with van der Waals surface area (Å²) in [6.07, 6.45) is 1.06. The van der Waals surface area contributed by atoms with Gasteiger partial charge in [0.05, 0.1) is 17.1 Å². The fourth-order valence-corrected chi connectivity index (χ4v) is 4.05. The zero-order valence-corrected chi connectivity index (χ0v) is 16.2. The molecule has 3 heterocycles. The van der Waals surface area contributed by atoms with E-state index in [0.717, 1.165) is 26.8 Å². The zero-order chi connectivity index (χ0) is 19.8. The molecule has 1 aromatic carbocycles. The molecule has 0 saturated carbocycles. The minimum absolute atomic E-state index is 0.196. The number of pyridine rings is 1. The van der Waals surface area contributed by atoms with Crippen LogP contribution >= 0.6 is 11.3 Å². The fourth-order valence-electron chi connectivity index (χ4n) is 3.14. The molecule has 2 aromatic heterocycles. The summed E-state index contributed by atoms with van der Waals surface area (Å²) in [5, 5.41) is 0.820. The van der Waals surface area contributed by atoms with Gasteiger partial charge < -0.3 is 10.5 Å². The number of carbonyl (C=O) groups excluding carboxylic acids is 2. The second-order valence-electron chi connectivity index (χ2n) is 6.47. The maximum atomic E-state index is 12.5. The van der Waals surface area contributed by atoms with Crippen molar-refractivity contribution in [2.45, 2.75) is 20.0 Å². The van der Waals surface area contributed by atoms with Crippen LogP contribution in [0.25, 0.3) is 22.0 Å². The molecule has 2 N–H and O–H groups in total. The van der Waals surface area contributed by atoms with E-state index in [1.807, 2.05) is 37.3 Å². The molecule has 0 saturated heterocycles. The van der Waals surface area contributed by atoms with Gasteiger partial charge >= 0.3 is 0 Å². The maximum Gasteiger partial charge on any atom is 0.268 e. The van der Waals surface area contributed by atoms with E-state index in [0.29, 0.717) is 11.4 Å². The quantitative estimate of drug-likeness (QED) is 0.734. The Hall–Kier alpha value is -3.26. The second kappa shape index (κ2) is 7.05. The molecule has 0 fully saturated rings. The first-order valence-electron chi connectivity index (χ1n) is 8.73. The Morgan fingerprint density at radius 2 is 2.14 bits per heavy atom. The number of nitrogens with two attached hydrogens (primary N) is 1. The van der Waals surface area contributed by atoms with Gasteiger partial charge in [0, 0.05) is 16.6 Å². The van der Waals surface area contributed by atoms with Gasteiger partial charge in [-0.1, -0.05) is 6.07 Å². The van der Waals surface area contributed by atoms with Gasteiger partial charge in [0.15, 0.2) is 6.10 Å². The van der Waals surface area contributed by atoms with Crippen molar-refractivity contribution in [2.24, 2.45) is 5.73 Å². The number of fused-ring (bicyclic) bond motifs is 1. The summed E-state index contributed by atoms with van der Waals surface area (Å²) in [6, 6.07) is 11.2. The zero-order valence-electron chi connectivity index (χ0n) is 15.4. The molecular weight excluding hydrogens is 376 g/mol. The highest BCUT2D eigenvalue weighted by Gasteiger charge is 2.32. The SMILES string of the molecule is Cc1sc(-c2ccccn2)nc1-c1ccc2c(c1)N(CC(N)=O)C(=O)C(C)O2. The Morgan fingerprint density at radius 3 is 2.86 bits per heavy atom. The summed E-state index contributed by atoms with van der Waals surface area (Å²) in [6.45, 7) is 3.44. The monoisotopic (exact) mass is 394 g/mol. The van der Waals surface area contributed by atoms with Gasteiger partial charge in [-0.05, 0) is 44.2 Å². The van der Waals surface area contributed by atoms with Gasteiger partial charge in [-0.2, -0.15) is 0 Å². The van der Waals surface area contributed by atoms with E-state index in [-0.39, 0.29) is 12.5 Å². The number of thiazole rings is 1. The van der Waals surface area contributed by atoms with Crippen LogP contribution in [0.2, 0.25) is 0 Å². The third kappa shape index (κ3) is 3.22. The summed E-state index contributed by atoms with van der Waals surface area (Å²) in [5.74, 6) is -0.344. The molecule has 1 aliphatic rings. The van der Waals surface area contributed by atoms with E-state index in [2.05, 4.69) is 4.98 Å². The molecule has 142 valence electrons. The molecule has 1 atom stereocenters. The number of aromatic nitrogens is 2. The van der Waals surface area contributed by atoms with Gasteiger partial charge in [-0.3, -0.25) is 19.5 Å². The van der Waals surface area contributed by atoms with E-state index >= 15 is 0 Å². The standard InChI is InChI=1S/C20H18N4O3S/c1-11-20(26)24(10-17(21)25)15-9-13(6-7-16(15)27-11)18-12(2)28-19(23-18)14-5-3-4-8-22-14/h3-9,11H,10H2,1-2H3,(H2,21,25). The fraction of sp³-hybridized carbons (Fsp3) is 0.200. The van der Waals surface area contributed by atoms with E-state index < -0.39 is 12.0 Å². The first kappa shape index (κ1) is 18.1. The molecule has 1 unspecified atom stereocenters. The van der Waals surface area contributed by atoms with Crippen LogP contribution in [0.1, 0.15) is 11.8 Å². The molecule has 8 heteroatoms. The lowest BCUT2D eigenvalue weighted by atomic mass is 10.1. The predicted octanol–water partition coefficient (Wildman–Crippen LogP) is 2.78. The highest BCUT2D eigenvalue weighted by Crippen LogP contribution is 2.39. The summed E-state index contributed by atoms with van der Waals surface area (Å²) < 4.78 is 5.68. The lowest BCUT2D eigenvalue weighted by Crippen LogP contribution is -2.47. The summed E-state index contributed by atoms with van der Waals surface area (Å²) in [5.41, 5.74) is 8.30. The third-order valence-electron chi connectivity index (χ3n) is 4.44. The highest BCUT2D eigenvalue weighted by molar-refractivity contribution is 7.15. The molecule has 0 spiro atoms. The number of hydrogen-bond acceptors (Lipinski definition) is 6. The Morgan fingerprint density at radius 1 is 1.32 bits per heavy atom. The Labute approximate surface area is 165 Å². The van der Waals surface area contributed by atoms with Crippen LogP contribution in [-0.2, 0) is 9.59 Å². The average Bonchev–Trinajstić information content (AvgIpc) is 3.07. The summed E-state index contributed by atoms with van der Waals surface area (Å²) >= 11 is 1.55. The van der Waals surface area contributed by atoms with Crippen molar-refractivity contribution < 1.29 is 14.3 Å². The molecular formula is C20H18N4O3S. The van der Waals surface area contributed by atoms with Crippen molar-refractivity contribution in [1.82, 2.24) is 9.97 Å². The highest BCUT2D eigenvalue weighted by atomic mass is 32.1. The number of carbonyl (C=O) groups is 2. The maximum absolute atomic E-state index is 12.5. The number of nitrogens with zero attached hydrogens (tertiary/aromatic N) is 3. The van der Waals surface area contributed by atoms with Crippen LogP contribution < -0.4 is 15.4 Å². The van der Waals surface area contributed by atoms with Gasteiger partial charge in [-0.25, -0.2) is 4.98 Å². The third-order valence-corrected chi connectivity index (χ3v) is 5.43. The molecule has 0 bridgehead atoms. The number of rotatable bonds is 4. The number of amides is 2. The van der Waals surface area contributed by atoms with Gasteiger partial charge in [0.1, 0.15) is 17.3 Å². The van der Waals surface area contributed by atoms with Crippen molar-refractivity contribution in [3.8, 4) is 27.7 Å². The summed E-state index contributed by atoms with van der Waals surface area (Å²) in [7, 11) is 0. The molecule has 3 aromatic rings. The molecule has 28 heavy (non-hydrogen) atoms. The lowest BCUT2D eigenvalue weighted by Gasteiger charge is -2.32. The molecule has 0 radical (unpaired) electrons. The smallest absolute Gasteiger partial charge is 0.268 e. The van der Waals surface area contributed by atoms with Crippen LogP contribution in [0.3, 0.4) is 0 Å². The van der Waals surface area contributed by atoms with E-state index in [1.165, 1.54) is 4.90 Å². The topological polar surface area (TPSA) is 98.4 Å². The first-order chi connectivity index (χ1) is 13.4. The Balaban J connectivity index is 1.77. The minimum Gasteiger partial charge on any atom is -0.479 e. The van der Waals surface area contributed by atoms with Crippen LogP contribution in [0.15, 0.2) is 42.6 Å². The number of aryl methyl sites for hydroxylation is 1. The van der Waals surface area contributed by atoms with Crippen molar-refractivity contribution in [3.05, 3.63) is 47.5 Å². The lowest BCUT2D eigenvalue weighted by molar-refractivity contribution is -0.127. The van der Waals surface area contributed by atoms with Gasteiger partial charge in [0.2, 0.25) is 5.91 Å². The van der Waals surface area contributed by atoms with E-state index in [1.54, 1.807) is 30.5 Å². The van der Waals surface area contributed by atoms with Crippen molar-refractivity contribution in [1.29, 1.82) is 0 Å². The number of hydrogen-bond donors (Lipinski definition) is 1. The Kier molecular flexibility index (Phi) is 4.56. The predicted molar refractivity (Wildman–Crippen MR) is 107 cm³/mol. The van der Waals surface area contributed by atoms with Crippen molar-refractivity contribution >= 4 is 28.8 Å². The summed E-state index contributed by atoms with van der Waals surface area (Å²) in [4.78, 5) is 35.5. The van der Waals surface area contributed by atoms with Crippen molar-refractivity contribution in [2.75, 3.05) is 11.4 Å². The number of benzene rings is 1. The largest absolute Gasteiger partial charge is 0.479 e. The van der Waals surface area contributed by atoms with Crippen molar-refractivity contribution in [3.63, 3.8) is 0 Å². The van der Waals surface area contributed by atoms with Crippen LogP contribution in [0, 0.1) is 6.92 Å². The van der Waals surface area contributed by atoms with Crippen LogP contribution in [-0.4, -0.2) is 34.4 Å². The average molecular weight is 394 g/mol. The van der Waals surface area contributed by atoms with Crippen LogP contribution in [0.4, 0.5) is 5.69 Å². The molecule has 7 nitrogen and oxygen atoms in total. The first-order valence-corrected chi connectivity index (χ1v) is 9.55. The van der Waals surface area contributed by atoms with E-state index in [9.17, 15) is 9.59 Å². The number of anilines is 1. The minimum atomic E-state index is -0.672. The molecule has 4 rings (SSSR count). The molecule has 2 amide bonds. The second-order valence-corrected chi connectivity index (χ2v) is 7.68. The van der Waals surface area contributed by atoms with Gasteiger partial charge in [-0.15, -0.1) is 11.3 Å². The van der Waals surface area contributed by atoms with Gasteiger partial charge in [0.25, 0.3) is 5.91 Å². The number of primary amides is 1. The molecule has 1 aliphatic heterocycles. The van der Waals surface area contributed by atoms with E-state index in [4.69, 9.17) is 15.5 Å².